The fraction of sp³-hybridized carbons (Fsp3) is 0.615. The van der Waals surface area contributed by atoms with Gasteiger partial charge in [-0.3, -0.25) is 0 Å². The summed E-state index contributed by atoms with van der Waals surface area (Å²) in [6, 6.07) is 1.88. The first kappa shape index (κ1) is 14.6. The molecule has 5 nitrogen and oxygen atoms in total. The summed E-state index contributed by atoms with van der Waals surface area (Å²) in [4.78, 5) is 11.5. The minimum Gasteiger partial charge on any atom is -0.469 e. The summed E-state index contributed by atoms with van der Waals surface area (Å²) in [6.45, 7) is 8.23. The SMILES string of the molecule is Cc1ccoc1C(CN)CNC(=O)OC(C)(C)C. The van der Waals surface area contributed by atoms with Gasteiger partial charge in [0.1, 0.15) is 11.4 Å². The van der Waals surface area contributed by atoms with Crippen molar-refractivity contribution >= 4 is 6.09 Å². The van der Waals surface area contributed by atoms with Gasteiger partial charge in [-0.15, -0.1) is 0 Å². The number of ether oxygens (including phenoxy) is 1. The first-order chi connectivity index (χ1) is 8.33. The molecule has 1 unspecified atom stereocenters. The van der Waals surface area contributed by atoms with Crippen LogP contribution >= 0.6 is 0 Å². The zero-order valence-corrected chi connectivity index (χ0v) is 11.4. The molecule has 0 saturated heterocycles. The maximum Gasteiger partial charge on any atom is 0.407 e. The van der Waals surface area contributed by atoms with Gasteiger partial charge >= 0.3 is 6.09 Å². The maximum absolute atomic E-state index is 11.5. The largest absolute Gasteiger partial charge is 0.469 e. The van der Waals surface area contributed by atoms with Crippen LogP contribution in [0.3, 0.4) is 0 Å². The first-order valence-electron chi connectivity index (χ1n) is 6.04. The number of nitrogens with two attached hydrogens (primary N) is 1. The van der Waals surface area contributed by atoms with Crippen molar-refractivity contribution in [1.29, 1.82) is 0 Å². The Kier molecular flexibility index (Phi) is 4.78. The quantitative estimate of drug-likeness (QED) is 0.863. The predicted octanol–water partition coefficient (Wildman–Crippen LogP) is 2.16. The Labute approximate surface area is 108 Å². The number of alkyl carbamates (subject to hydrolysis) is 1. The minimum absolute atomic E-state index is 0.0347. The molecule has 5 heteroatoms. The Morgan fingerprint density at radius 1 is 1.56 bits per heavy atom. The minimum atomic E-state index is -0.497. The molecule has 102 valence electrons. The highest BCUT2D eigenvalue weighted by Gasteiger charge is 2.19. The van der Waals surface area contributed by atoms with Crippen molar-refractivity contribution in [3.63, 3.8) is 0 Å². The van der Waals surface area contributed by atoms with Crippen LogP contribution in [-0.2, 0) is 4.74 Å². The van der Waals surface area contributed by atoms with Gasteiger partial charge in [0.2, 0.25) is 0 Å². The van der Waals surface area contributed by atoms with Crippen LogP contribution in [0, 0.1) is 6.92 Å². The molecule has 1 amide bonds. The van der Waals surface area contributed by atoms with Crippen LogP contribution in [0.1, 0.15) is 38.0 Å². The number of hydrogen-bond acceptors (Lipinski definition) is 4. The molecule has 1 heterocycles. The van der Waals surface area contributed by atoms with E-state index in [1.807, 2.05) is 33.8 Å². The molecule has 0 spiro atoms. The monoisotopic (exact) mass is 254 g/mol. The Morgan fingerprint density at radius 2 is 2.22 bits per heavy atom. The van der Waals surface area contributed by atoms with E-state index < -0.39 is 11.7 Å². The first-order valence-corrected chi connectivity index (χ1v) is 6.04. The third-order valence-electron chi connectivity index (χ3n) is 2.45. The number of amides is 1. The van der Waals surface area contributed by atoms with Gasteiger partial charge in [0.15, 0.2) is 0 Å². The molecular weight excluding hydrogens is 232 g/mol. The van der Waals surface area contributed by atoms with Crippen LogP contribution in [0.15, 0.2) is 16.7 Å². The van der Waals surface area contributed by atoms with E-state index in [1.165, 1.54) is 0 Å². The average Bonchev–Trinajstić information content (AvgIpc) is 2.63. The molecular formula is C13H22N2O3. The highest BCUT2D eigenvalue weighted by Crippen LogP contribution is 2.19. The molecule has 18 heavy (non-hydrogen) atoms. The van der Waals surface area contributed by atoms with Crippen LogP contribution in [0.5, 0.6) is 0 Å². The van der Waals surface area contributed by atoms with Gasteiger partial charge in [-0.1, -0.05) is 0 Å². The third kappa shape index (κ3) is 4.41. The summed E-state index contributed by atoms with van der Waals surface area (Å²) in [5.41, 5.74) is 6.24. The average molecular weight is 254 g/mol. The van der Waals surface area contributed by atoms with E-state index >= 15 is 0 Å². The number of carbonyl (C=O) groups is 1. The van der Waals surface area contributed by atoms with Gasteiger partial charge < -0.3 is 20.2 Å². The fourth-order valence-electron chi connectivity index (χ4n) is 1.61. The van der Waals surface area contributed by atoms with Crippen molar-refractivity contribution in [2.75, 3.05) is 13.1 Å². The zero-order chi connectivity index (χ0) is 13.8. The summed E-state index contributed by atoms with van der Waals surface area (Å²) in [7, 11) is 0. The van der Waals surface area contributed by atoms with E-state index in [0.717, 1.165) is 11.3 Å². The number of aryl methyl sites for hydroxylation is 1. The van der Waals surface area contributed by atoms with E-state index in [-0.39, 0.29) is 5.92 Å². The Balaban J connectivity index is 2.51. The van der Waals surface area contributed by atoms with Crippen molar-refractivity contribution in [2.24, 2.45) is 5.73 Å². The molecule has 1 aromatic heterocycles. The molecule has 0 saturated carbocycles. The van der Waals surface area contributed by atoms with Gasteiger partial charge in [-0.2, -0.15) is 0 Å². The fourth-order valence-corrected chi connectivity index (χ4v) is 1.61. The molecule has 3 N–H and O–H groups in total. The Hall–Kier alpha value is -1.49. The highest BCUT2D eigenvalue weighted by atomic mass is 16.6. The molecule has 0 aliphatic rings. The van der Waals surface area contributed by atoms with Crippen molar-refractivity contribution in [1.82, 2.24) is 5.32 Å². The lowest BCUT2D eigenvalue weighted by Crippen LogP contribution is -2.36. The lowest BCUT2D eigenvalue weighted by atomic mass is 10.0. The smallest absolute Gasteiger partial charge is 0.407 e. The second kappa shape index (κ2) is 5.91. The third-order valence-corrected chi connectivity index (χ3v) is 2.45. The normalized spacial score (nSPS) is 13.2. The predicted molar refractivity (Wildman–Crippen MR) is 69.5 cm³/mol. The lowest BCUT2D eigenvalue weighted by molar-refractivity contribution is 0.0524. The molecule has 1 atom stereocenters. The van der Waals surface area contributed by atoms with Crippen LogP contribution in [0.25, 0.3) is 0 Å². The standard InChI is InChI=1S/C13H22N2O3/c1-9-5-6-17-11(9)10(7-14)8-15-12(16)18-13(2,3)4/h5-6,10H,7-8,14H2,1-4H3,(H,15,16). The zero-order valence-electron chi connectivity index (χ0n) is 11.4. The van der Waals surface area contributed by atoms with Crippen molar-refractivity contribution < 1.29 is 13.9 Å². The summed E-state index contributed by atoms with van der Waals surface area (Å²) < 4.78 is 10.5. The van der Waals surface area contributed by atoms with Gasteiger partial charge in [0.05, 0.1) is 6.26 Å². The number of carbonyl (C=O) groups excluding carboxylic acids is 1. The van der Waals surface area contributed by atoms with Gasteiger partial charge in [0, 0.05) is 19.0 Å². The van der Waals surface area contributed by atoms with Crippen molar-refractivity contribution in [2.45, 2.75) is 39.2 Å². The van der Waals surface area contributed by atoms with Crippen molar-refractivity contribution in [3.05, 3.63) is 23.7 Å². The number of rotatable bonds is 4. The Bertz CT molecular complexity index is 393. The highest BCUT2D eigenvalue weighted by molar-refractivity contribution is 5.67. The molecule has 0 radical (unpaired) electrons. The number of hydrogen-bond donors (Lipinski definition) is 2. The van der Waals surface area contributed by atoms with Crippen LogP contribution in [-0.4, -0.2) is 24.8 Å². The van der Waals surface area contributed by atoms with Crippen molar-refractivity contribution in [3.8, 4) is 0 Å². The van der Waals surface area contributed by atoms with Crippen LogP contribution < -0.4 is 11.1 Å². The molecule has 0 fully saturated rings. The van der Waals surface area contributed by atoms with Crippen LogP contribution in [0.4, 0.5) is 4.79 Å². The summed E-state index contributed by atoms with van der Waals surface area (Å²) in [5, 5.41) is 2.70. The molecule has 1 rings (SSSR count). The summed E-state index contributed by atoms with van der Waals surface area (Å²) in [5.74, 6) is 0.779. The van der Waals surface area contributed by atoms with E-state index in [2.05, 4.69) is 5.32 Å². The molecule has 0 aliphatic heterocycles. The number of nitrogens with one attached hydrogen (secondary N) is 1. The Morgan fingerprint density at radius 3 is 2.67 bits per heavy atom. The number of furan rings is 1. The second-order valence-corrected chi connectivity index (χ2v) is 5.28. The summed E-state index contributed by atoms with van der Waals surface area (Å²) in [6.07, 6.45) is 1.19. The maximum atomic E-state index is 11.5. The van der Waals surface area contributed by atoms with Gasteiger partial charge in [-0.05, 0) is 39.3 Å². The molecule has 0 bridgehead atoms. The summed E-state index contributed by atoms with van der Waals surface area (Å²) >= 11 is 0. The van der Waals surface area contributed by atoms with E-state index in [9.17, 15) is 4.79 Å². The molecule has 0 aliphatic carbocycles. The van der Waals surface area contributed by atoms with E-state index in [1.54, 1.807) is 6.26 Å². The van der Waals surface area contributed by atoms with E-state index in [4.69, 9.17) is 14.9 Å². The molecule has 0 aromatic carbocycles. The van der Waals surface area contributed by atoms with Gasteiger partial charge in [0.25, 0.3) is 0 Å². The topological polar surface area (TPSA) is 77.5 Å². The van der Waals surface area contributed by atoms with Crippen LogP contribution in [0.2, 0.25) is 0 Å². The van der Waals surface area contributed by atoms with Gasteiger partial charge in [-0.25, -0.2) is 4.79 Å². The van der Waals surface area contributed by atoms with E-state index in [0.29, 0.717) is 13.1 Å². The molecule has 1 aromatic rings. The lowest BCUT2D eigenvalue weighted by Gasteiger charge is -2.21. The second-order valence-electron chi connectivity index (χ2n) is 5.28.